The highest BCUT2D eigenvalue weighted by atomic mass is 19.4. The van der Waals surface area contributed by atoms with Crippen LogP contribution in [-0.2, 0) is 28.4 Å². The average molecular weight is 744 g/mol. The number of benzene rings is 2. The molecule has 1 aliphatic heterocycles. The van der Waals surface area contributed by atoms with Gasteiger partial charge in [-0.2, -0.15) is 26.3 Å². The van der Waals surface area contributed by atoms with E-state index < -0.39 is 88.1 Å². The zero-order chi connectivity index (χ0) is 38.9. The van der Waals surface area contributed by atoms with Crippen LogP contribution in [0.5, 0.6) is 0 Å². The lowest BCUT2D eigenvalue weighted by Crippen LogP contribution is -2.41. The minimum atomic E-state index is -5.37. The van der Waals surface area contributed by atoms with E-state index in [0.717, 1.165) is 30.3 Å². The fourth-order valence-electron chi connectivity index (χ4n) is 6.81. The minimum Gasteiger partial charge on any atom is -0.481 e. The third-order valence-electron chi connectivity index (χ3n) is 9.20. The van der Waals surface area contributed by atoms with Crippen molar-refractivity contribution in [3.8, 4) is 11.1 Å². The SMILES string of the molecule is Cc1cc(C)c(-c2cc(C(F)(F)F)c(F)c([C@H](CC(=O)O)NC(=O)C(CC(C)C)n3cc(CCCN4CCC4)c(C(F)(F)F)cc3=O)c2F)c(C)c1. The number of aliphatic carboxylic acids is 1. The van der Waals surface area contributed by atoms with E-state index in [2.05, 4.69) is 5.32 Å². The summed E-state index contributed by atoms with van der Waals surface area (Å²) in [5.41, 5.74) is -5.22. The monoisotopic (exact) mass is 743 g/mol. The third-order valence-corrected chi connectivity index (χ3v) is 9.20. The summed E-state index contributed by atoms with van der Waals surface area (Å²) in [6.45, 7) is 10.1. The van der Waals surface area contributed by atoms with E-state index in [1.165, 1.54) is 13.8 Å². The van der Waals surface area contributed by atoms with Crippen LogP contribution in [0.15, 0.2) is 35.3 Å². The van der Waals surface area contributed by atoms with Crippen LogP contribution < -0.4 is 10.9 Å². The van der Waals surface area contributed by atoms with Crippen LogP contribution in [0, 0.1) is 38.3 Å². The van der Waals surface area contributed by atoms with Gasteiger partial charge < -0.3 is 19.9 Å². The van der Waals surface area contributed by atoms with Gasteiger partial charge in [0.25, 0.3) is 5.56 Å². The number of rotatable bonds is 13. The Morgan fingerprint density at radius 1 is 0.904 bits per heavy atom. The van der Waals surface area contributed by atoms with E-state index in [-0.39, 0.29) is 24.0 Å². The lowest BCUT2D eigenvalue weighted by Gasteiger charge is -2.30. The molecule has 3 aromatic rings. The smallest absolute Gasteiger partial charge is 0.419 e. The maximum atomic E-state index is 16.5. The zero-order valence-corrected chi connectivity index (χ0v) is 29.4. The Morgan fingerprint density at radius 2 is 1.50 bits per heavy atom. The predicted molar refractivity (Wildman–Crippen MR) is 178 cm³/mol. The highest BCUT2D eigenvalue weighted by Crippen LogP contribution is 2.42. The number of hydrogen-bond acceptors (Lipinski definition) is 4. The molecule has 1 saturated heterocycles. The first-order valence-corrected chi connectivity index (χ1v) is 16.8. The van der Waals surface area contributed by atoms with Crippen molar-refractivity contribution in [3.63, 3.8) is 0 Å². The van der Waals surface area contributed by atoms with Crippen molar-refractivity contribution in [1.82, 2.24) is 14.8 Å². The molecule has 7 nitrogen and oxygen atoms in total. The number of hydrogen-bond donors (Lipinski definition) is 2. The summed E-state index contributed by atoms with van der Waals surface area (Å²) in [6, 6.07) is -0.0473. The Morgan fingerprint density at radius 3 is 2.00 bits per heavy atom. The van der Waals surface area contributed by atoms with Gasteiger partial charge in [-0.1, -0.05) is 31.5 Å². The quantitative estimate of drug-likeness (QED) is 0.172. The maximum absolute atomic E-state index is 16.5. The van der Waals surface area contributed by atoms with Crippen molar-refractivity contribution < 1.29 is 49.8 Å². The van der Waals surface area contributed by atoms with Gasteiger partial charge in [-0.15, -0.1) is 0 Å². The third kappa shape index (κ3) is 9.20. The molecule has 0 radical (unpaired) electrons. The number of carboxylic acids is 1. The molecule has 2 aromatic carbocycles. The number of aryl methyl sites for hydroxylation is 4. The molecular weight excluding hydrogens is 702 g/mol. The van der Waals surface area contributed by atoms with E-state index in [0.29, 0.717) is 41.8 Å². The second kappa shape index (κ2) is 15.8. The summed E-state index contributed by atoms with van der Waals surface area (Å²) in [4.78, 5) is 41.3. The Bertz CT molecular complexity index is 1860. The highest BCUT2D eigenvalue weighted by Gasteiger charge is 2.41. The van der Waals surface area contributed by atoms with Crippen molar-refractivity contribution in [2.75, 3.05) is 19.6 Å². The van der Waals surface area contributed by atoms with Crippen LogP contribution in [0.3, 0.4) is 0 Å². The molecule has 1 aliphatic rings. The average Bonchev–Trinajstić information content (AvgIpc) is 2.96. The molecule has 0 spiro atoms. The van der Waals surface area contributed by atoms with Gasteiger partial charge in [0.2, 0.25) is 5.91 Å². The summed E-state index contributed by atoms with van der Waals surface area (Å²) >= 11 is 0. The number of amides is 1. The normalized spacial score (nSPS) is 15.0. The van der Waals surface area contributed by atoms with Crippen molar-refractivity contribution in [3.05, 3.63) is 91.4 Å². The molecule has 52 heavy (non-hydrogen) atoms. The van der Waals surface area contributed by atoms with Gasteiger partial charge >= 0.3 is 18.3 Å². The van der Waals surface area contributed by atoms with Crippen LogP contribution in [-0.4, -0.2) is 46.1 Å². The lowest BCUT2D eigenvalue weighted by molar-refractivity contribution is -0.140. The van der Waals surface area contributed by atoms with Gasteiger partial charge in [0.1, 0.15) is 17.7 Å². The van der Waals surface area contributed by atoms with Crippen molar-refractivity contribution >= 4 is 11.9 Å². The van der Waals surface area contributed by atoms with Gasteiger partial charge in [0.05, 0.1) is 23.6 Å². The highest BCUT2D eigenvalue weighted by molar-refractivity contribution is 5.82. The largest absolute Gasteiger partial charge is 0.481 e. The molecule has 1 fully saturated rings. The maximum Gasteiger partial charge on any atom is 0.419 e. The fraction of sp³-hybridized carbons (Fsp3) is 0.486. The Hall–Kier alpha value is -4.27. The van der Waals surface area contributed by atoms with E-state index >= 15 is 8.78 Å². The number of carboxylic acid groups (broad SMARTS) is 1. The second-order valence-electron chi connectivity index (χ2n) is 13.8. The van der Waals surface area contributed by atoms with Crippen LogP contribution in [0.2, 0.25) is 0 Å². The number of carbonyl (C=O) groups excluding carboxylic acids is 1. The predicted octanol–water partition coefficient (Wildman–Crippen LogP) is 8.31. The summed E-state index contributed by atoms with van der Waals surface area (Å²) in [7, 11) is 0. The van der Waals surface area contributed by atoms with Crippen LogP contribution in [0.25, 0.3) is 11.1 Å². The van der Waals surface area contributed by atoms with Crippen molar-refractivity contribution in [1.29, 1.82) is 0 Å². The topological polar surface area (TPSA) is 91.6 Å². The zero-order valence-electron chi connectivity index (χ0n) is 29.4. The van der Waals surface area contributed by atoms with E-state index in [9.17, 15) is 45.8 Å². The summed E-state index contributed by atoms with van der Waals surface area (Å²) in [5.74, 6) is -7.04. The standard InChI is InChI=1S/C37H41F8N3O4/c1-19(2)12-28(48-18-23(8-6-9-47-10-7-11-47)25(16-29(48)49)36(40,41)42)35(52)46-27(17-30(50)51)32-33(38)24(15-26(34(32)39)37(43,44)45)31-21(4)13-20(3)14-22(31)5/h13-16,18-19,27-28H,6-12,17H2,1-5H3,(H,46,52)(H,50,51)/t27-,28?/m0/s1. The fourth-order valence-corrected chi connectivity index (χ4v) is 6.81. The molecule has 1 unspecified atom stereocenters. The van der Waals surface area contributed by atoms with Crippen LogP contribution >= 0.6 is 0 Å². The van der Waals surface area contributed by atoms with E-state index in [1.54, 1.807) is 32.9 Å². The van der Waals surface area contributed by atoms with E-state index in [4.69, 9.17) is 0 Å². The molecule has 1 aromatic heterocycles. The number of likely N-dealkylation sites (tertiary alicyclic amines) is 1. The molecule has 2 atom stereocenters. The van der Waals surface area contributed by atoms with Crippen LogP contribution in [0.1, 0.15) is 90.6 Å². The first-order valence-electron chi connectivity index (χ1n) is 16.8. The molecule has 15 heteroatoms. The van der Waals surface area contributed by atoms with Gasteiger partial charge in [-0.3, -0.25) is 14.4 Å². The molecule has 0 aliphatic carbocycles. The molecule has 0 saturated carbocycles. The minimum absolute atomic E-state index is 0.00544. The molecule has 1 amide bonds. The lowest BCUT2D eigenvalue weighted by atomic mass is 9.88. The Balaban J connectivity index is 1.86. The molecule has 4 rings (SSSR count). The number of alkyl halides is 6. The molecule has 2 N–H and O–H groups in total. The number of aromatic nitrogens is 1. The molecule has 2 heterocycles. The van der Waals surface area contributed by atoms with Gasteiger partial charge in [-0.05, 0) is 100 Å². The van der Waals surface area contributed by atoms with Crippen molar-refractivity contribution in [2.45, 2.75) is 91.2 Å². The summed E-state index contributed by atoms with van der Waals surface area (Å²) in [6.07, 6.45) is -9.68. The molecule has 0 bridgehead atoms. The first kappa shape index (κ1) is 40.5. The van der Waals surface area contributed by atoms with Crippen LogP contribution in [0.4, 0.5) is 35.1 Å². The Labute approximate surface area is 295 Å². The number of pyridine rings is 1. The summed E-state index contributed by atoms with van der Waals surface area (Å²) < 4.78 is 118. The number of nitrogens with zero attached hydrogens (tertiary/aromatic N) is 2. The van der Waals surface area contributed by atoms with Gasteiger partial charge in [0, 0.05) is 23.4 Å². The van der Waals surface area contributed by atoms with Gasteiger partial charge in [0.15, 0.2) is 0 Å². The molecular formula is C37H41F8N3O4. The number of halogens is 8. The summed E-state index contributed by atoms with van der Waals surface area (Å²) in [5, 5.41) is 11.9. The van der Waals surface area contributed by atoms with Crippen molar-refractivity contribution in [2.24, 2.45) is 5.92 Å². The second-order valence-corrected chi connectivity index (χ2v) is 13.8. The van der Waals surface area contributed by atoms with E-state index in [1.807, 2.05) is 4.90 Å². The number of carbonyl (C=O) groups is 2. The van der Waals surface area contributed by atoms with Gasteiger partial charge in [-0.25, -0.2) is 8.78 Å². The number of nitrogens with one attached hydrogen (secondary N) is 1. The Kier molecular flexibility index (Phi) is 12.3. The molecule has 284 valence electrons. The first-order chi connectivity index (χ1) is 24.1.